The van der Waals surface area contributed by atoms with Gasteiger partial charge < -0.3 is 9.47 Å². The first kappa shape index (κ1) is 23.4. The van der Waals surface area contributed by atoms with Crippen LogP contribution in [0.25, 0.3) is 6.08 Å². The number of carbonyl (C=O) groups is 2. The van der Waals surface area contributed by atoms with Crippen molar-refractivity contribution in [2.45, 2.75) is 20.1 Å². The van der Waals surface area contributed by atoms with E-state index in [1.54, 1.807) is 13.2 Å². The van der Waals surface area contributed by atoms with Gasteiger partial charge >= 0.3 is 0 Å². The lowest BCUT2D eigenvalue weighted by Gasteiger charge is -2.14. The number of hydrogen-bond donors (Lipinski definition) is 0. The number of nitrogens with zero attached hydrogens (tertiary/aromatic N) is 1. The molecule has 1 fully saturated rings. The summed E-state index contributed by atoms with van der Waals surface area (Å²) in [6, 6.07) is 21.4. The quantitative estimate of drug-likeness (QED) is 0.242. The molecule has 1 saturated heterocycles. The number of imide groups is 1. The predicted octanol–water partition coefficient (Wildman–Crippen LogP) is 6.42. The normalized spacial score (nSPS) is 14.8. The number of ether oxygens (including phenoxy) is 2. The van der Waals surface area contributed by atoms with Crippen molar-refractivity contribution >= 4 is 51.6 Å². The highest BCUT2D eigenvalue weighted by atomic mass is 127. The molecule has 0 aromatic heterocycles. The maximum atomic E-state index is 12.9. The first-order valence-electron chi connectivity index (χ1n) is 10.3. The fourth-order valence-electron chi connectivity index (χ4n) is 3.36. The van der Waals surface area contributed by atoms with E-state index in [0.29, 0.717) is 23.0 Å². The van der Waals surface area contributed by atoms with Gasteiger partial charge in [-0.15, -0.1) is 0 Å². The van der Waals surface area contributed by atoms with Gasteiger partial charge in [-0.2, -0.15) is 0 Å². The Morgan fingerprint density at radius 3 is 2.42 bits per heavy atom. The zero-order chi connectivity index (χ0) is 23.4. The molecular formula is C26H22INO4S. The minimum atomic E-state index is -0.289. The smallest absolute Gasteiger partial charge is 0.293 e. The highest BCUT2D eigenvalue weighted by molar-refractivity contribution is 14.1. The molecule has 0 spiro atoms. The van der Waals surface area contributed by atoms with Crippen LogP contribution >= 0.6 is 34.4 Å². The maximum absolute atomic E-state index is 12.9. The van der Waals surface area contributed by atoms with Crippen LogP contribution in [-0.4, -0.2) is 23.2 Å². The number of carbonyl (C=O) groups excluding carboxylic acids is 2. The molecule has 1 aliphatic heterocycles. The van der Waals surface area contributed by atoms with E-state index in [1.165, 1.54) is 10.5 Å². The molecule has 0 N–H and O–H groups in total. The van der Waals surface area contributed by atoms with Crippen molar-refractivity contribution in [1.82, 2.24) is 4.90 Å². The lowest BCUT2D eigenvalue weighted by atomic mass is 10.1. The molecule has 1 heterocycles. The summed E-state index contributed by atoms with van der Waals surface area (Å²) in [6.07, 6.45) is 1.73. The molecule has 3 aromatic rings. The molecule has 5 nitrogen and oxygen atoms in total. The van der Waals surface area contributed by atoms with Gasteiger partial charge in [-0.05, 0) is 76.2 Å². The summed E-state index contributed by atoms with van der Waals surface area (Å²) in [5, 5.41) is -0.269. The Morgan fingerprint density at radius 1 is 1.00 bits per heavy atom. The van der Waals surface area contributed by atoms with Crippen LogP contribution in [0, 0.1) is 10.5 Å². The number of aryl methyl sites for hydroxylation is 1. The molecule has 33 heavy (non-hydrogen) atoms. The van der Waals surface area contributed by atoms with Crippen LogP contribution in [0.2, 0.25) is 0 Å². The number of rotatable bonds is 7. The van der Waals surface area contributed by atoms with E-state index >= 15 is 0 Å². The monoisotopic (exact) mass is 571 g/mol. The van der Waals surface area contributed by atoms with Gasteiger partial charge in [-0.1, -0.05) is 60.2 Å². The van der Waals surface area contributed by atoms with E-state index in [4.69, 9.17) is 9.47 Å². The van der Waals surface area contributed by atoms with E-state index in [9.17, 15) is 9.59 Å². The molecule has 0 radical (unpaired) electrons. The number of amides is 2. The summed E-state index contributed by atoms with van der Waals surface area (Å²) < 4.78 is 12.5. The highest BCUT2D eigenvalue weighted by Gasteiger charge is 2.35. The Kier molecular flexibility index (Phi) is 7.39. The second-order valence-corrected chi connectivity index (χ2v) is 9.72. The SMILES string of the molecule is COc1cc(/C=C2\SC(=O)N(Cc3ccccc3)C2=O)cc(I)c1OCc1ccc(C)cc1. The minimum Gasteiger partial charge on any atom is -0.493 e. The summed E-state index contributed by atoms with van der Waals surface area (Å²) >= 11 is 3.15. The van der Waals surface area contributed by atoms with Gasteiger partial charge in [0.15, 0.2) is 11.5 Å². The van der Waals surface area contributed by atoms with E-state index < -0.39 is 0 Å². The molecule has 2 amide bonds. The third-order valence-electron chi connectivity index (χ3n) is 5.11. The molecule has 3 aromatic carbocycles. The second kappa shape index (κ2) is 10.4. The van der Waals surface area contributed by atoms with Crippen molar-refractivity contribution in [1.29, 1.82) is 0 Å². The Labute approximate surface area is 210 Å². The van der Waals surface area contributed by atoms with Crippen LogP contribution in [-0.2, 0) is 17.9 Å². The Bertz CT molecular complexity index is 1210. The minimum absolute atomic E-state index is 0.259. The van der Waals surface area contributed by atoms with Gasteiger partial charge in [0.25, 0.3) is 11.1 Å². The molecule has 1 aliphatic rings. The largest absolute Gasteiger partial charge is 0.493 e. The van der Waals surface area contributed by atoms with Gasteiger partial charge in [-0.3, -0.25) is 14.5 Å². The predicted molar refractivity (Wildman–Crippen MR) is 139 cm³/mol. The van der Waals surface area contributed by atoms with Crippen LogP contribution in [0.3, 0.4) is 0 Å². The molecule has 7 heteroatoms. The average Bonchev–Trinajstić information content (AvgIpc) is 3.07. The van der Waals surface area contributed by atoms with E-state index in [2.05, 4.69) is 34.7 Å². The summed E-state index contributed by atoms with van der Waals surface area (Å²) in [5.41, 5.74) is 3.94. The van der Waals surface area contributed by atoms with Gasteiger partial charge in [0, 0.05) is 0 Å². The van der Waals surface area contributed by atoms with Crippen molar-refractivity contribution in [3.8, 4) is 11.5 Å². The van der Waals surface area contributed by atoms with Crippen molar-refractivity contribution in [2.24, 2.45) is 0 Å². The topological polar surface area (TPSA) is 55.8 Å². The van der Waals surface area contributed by atoms with E-state index in [1.807, 2.05) is 61.5 Å². The summed E-state index contributed by atoms with van der Waals surface area (Å²) in [6.45, 7) is 2.73. The van der Waals surface area contributed by atoms with Crippen molar-refractivity contribution in [3.05, 3.63) is 97.5 Å². The third-order valence-corrected chi connectivity index (χ3v) is 6.82. The molecule has 4 rings (SSSR count). The van der Waals surface area contributed by atoms with Crippen LogP contribution in [0.4, 0.5) is 4.79 Å². The van der Waals surface area contributed by atoms with Gasteiger partial charge in [-0.25, -0.2) is 0 Å². The van der Waals surface area contributed by atoms with Crippen molar-refractivity contribution in [3.63, 3.8) is 0 Å². The number of benzene rings is 3. The van der Waals surface area contributed by atoms with Crippen molar-refractivity contribution < 1.29 is 19.1 Å². The first-order valence-corrected chi connectivity index (χ1v) is 12.2. The van der Waals surface area contributed by atoms with E-state index in [-0.39, 0.29) is 17.7 Å². The lowest BCUT2D eigenvalue weighted by Crippen LogP contribution is -2.27. The average molecular weight is 571 g/mol. The zero-order valence-corrected chi connectivity index (χ0v) is 21.2. The standard InChI is InChI=1S/C26H22INO4S/c1-17-8-10-19(11-9-17)16-32-24-21(27)12-20(13-22(24)31-2)14-23-25(29)28(26(30)33-23)15-18-6-4-3-5-7-18/h3-14H,15-16H2,1-2H3/b23-14-. The Hall–Kier alpha value is -2.78. The third kappa shape index (κ3) is 5.59. The number of hydrogen-bond acceptors (Lipinski definition) is 5. The lowest BCUT2D eigenvalue weighted by molar-refractivity contribution is -0.123. The van der Waals surface area contributed by atoms with Crippen LogP contribution in [0.1, 0.15) is 22.3 Å². The van der Waals surface area contributed by atoms with E-state index in [0.717, 1.165) is 32.0 Å². The molecule has 0 saturated carbocycles. The van der Waals surface area contributed by atoms with Gasteiger partial charge in [0.2, 0.25) is 0 Å². The van der Waals surface area contributed by atoms with Crippen LogP contribution in [0.15, 0.2) is 71.6 Å². The Morgan fingerprint density at radius 2 is 1.73 bits per heavy atom. The molecule has 0 unspecified atom stereocenters. The molecule has 0 atom stereocenters. The van der Waals surface area contributed by atoms with Gasteiger partial charge in [0.05, 0.1) is 22.1 Å². The number of thioether (sulfide) groups is 1. The highest BCUT2D eigenvalue weighted by Crippen LogP contribution is 2.38. The number of halogens is 1. The molecule has 168 valence electrons. The summed E-state index contributed by atoms with van der Waals surface area (Å²) in [5.74, 6) is 0.930. The van der Waals surface area contributed by atoms with Gasteiger partial charge in [0.1, 0.15) is 6.61 Å². The fourth-order valence-corrected chi connectivity index (χ4v) is 4.98. The first-order chi connectivity index (χ1) is 15.9. The molecule has 0 aliphatic carbocycles. The van der Waals surface area contributed by atoms with Crippen LogP contribution in [0.5, 0.6) is 11.5 Å². The fraction of sp³-hybridized carbons (Fsp3) is 0.154. The van der Waals surface area contributed by atoms with Crippen LogP contribution < -0.4 is 9.47 Å². The maximum Gasteiger partial charge on any atom is 0.293 e. The Balaban J connectivity index is 1.53. The summed E-state index contributed by atoms with van der Waals surface area (Å²) in [4.78, 5) is 27.0. The second-order valence-electron chi connectivity index (χ2n) is 7.56. The summed E-state index contributed by atoms with van der Waals surface area (Å²) in [7, 11) is 1.58. The molecular weight excluding hydrogens is 549 g/mol. The van der Waals surface area contributed by atoms with Crippen molar-refractivity contribution in [2.75, 3.05) is 7.11 Å². The molecule has 0 bridgehead atoms. The zero-order valence-electron chi connectivity index (χ0n) is 18.2. The number of methoxy groups -OCH3 is 1.